The van der Waals surface area contributed by atoms with Crippen molar-refractivity contribution in [2.24, 2.45) is 5.84 Å². The predicted octanol–water partition coefficient (Wildman–Crippen LogP) is 0.781. The summed E-state index contributed by atoms with van der Waals surface area (Å²) in [6.07, 6.45) is 2.51. The van der Waals surface area contributed by atoms with Gasteiger partial charge in [-0.1, -0.05) is 0 Å². The van der Waals surface area contributed by atoms with Crippen LogP contribution in [0.5, 0.6) is 0 Å². The Labute approximate surface area is 114 Å². The Morgan fingerprint density at radius 3 is 2.58 bits per heavy atom. The molecule has 0 spiro atoms. The van der Waals surface area contributed by atoms with E-state index in [1.54, 1.807) is 23.2 Å². The molecule has 6 nitrogen and oxygen atoms in total. The molecule has 0 radical (unpaired) electrons. The SMILES string of the molecule is CCN(CCCN(C)C)C(=O)c1ccc(NN)cn1. The summed E-state index contributed by atoms with van der Waals surface area (Å²) in [7, 11) is 4.05. The lowest BCUT2D eigenvalue weighted by atomic mass is 10.2. The number of pyridine rings is 1. The number of carbonyl (C=O) groups excluding carboxylic acids is 1. The maximum Gasteiger partial charge on any atom is 0.272 e. The average Bonchev–Trinajstić information content (AvgIpc) is 2.43. The minimum Gasteiger partial charge on any atom is -0.338 e. The minimum atomic E-state index is -0.0372. The molecule has 0 fully saturated rings. The lowest BCUT2D eigenvalue weighted by Gasteiger charge is -2.21. The number of rotatable bonds is 7. The number of nitrogens with one attached hydrogen (secondary N) is 1. The number of nitrogen functional groups attached to an aromatic ring is 1. The molecule has 1 heterocycles. The van der Waals surface area contributed by atoms with Crippen LogP contribution in [0.25, 0.3) is 0 Å². The number of anilines is 1. The Morgan fingerprint density at radius 1 is 1.37 bits per heavy atom. The second-order valence-corrected chi connectivity index (χ2v) is 4.62. The van der Waals surface area contributed by atoms with Gasteiger partial charge in [0, 0.05) is 13.1 Å². The molecule has 0 unspecified atom stereocenters. The quantitative estimate of drug-likeness (QED) is 0.563. The molecule has 0 aliphatic heterocycles. The van der Waals surface area contributed by atoms with Gasteiger partial charge in [-0.2, -0.15) is 0 Å². The van der Waals surface area contributed by atoms with Crippen LogP contribution in [0.2, 0.25) is 0 Å². The van der Waals surface area contributed by atoms with E-state index in [0.29, 0.717) is 17.9 Å². The van der Waals surface area contributed by atoms with Gasteiger partial charge in [0.05, 0.1) is 11.9 Å². The Bertz CT molecular complexity index is 391. The molecule has 0 aromatic carbocycles. The average molecular weight is 265 g/mol. The summed E-state index contributed by atoms with van der Waals surface area (Å²) < 4.78 is 0. The van der Waals surface area contributed by atoms with Crippen molar-refractivity contribution < 1.29 is 4.79 Å². The van der Waals surface area contributed by atoms with Gasteiger partial charge in [0.25, 0.3) is 5.91 Å². The largest absolute Gasteiger partial charge is 0.338 e. The topological polar surface area (TPSA) is 74.5 Å². The zero-order valence-corrected chi connectivity index (χ0v) is 11.9. The van der Waals surface area contributed by atoms with Crippen molar-refractivity contribution in [1.82, 2.24) is 14.8 Å². The standard InChI is InChI=1S/C13H23N5O/c1-4-18(9-5-8-17(2)3)13(19)12-7-6-11(16-14)10-15-12/h6-7,10,16H,4-5,8-9,14H2,1-3H3. The number of amides is 1. The summed E-state index contributed by atoms with van der Waals surface area (Å²) in [5.41, 5.74) is 3.63. The molecule has 1 aromatic heterocycles. The Morgan fingerprint density at radius 2 is 2.11 bits per heavy atom. The Hall–Kier alpha value is -1.66. The van der Waals surface area contributed by atoms with E-state index in [1.165, 1.54) is 0 Å². The number of nitrogens with two attached hydrogens (primary N) is 1. The minimum absolute atomic E-state index is 0.0372. The third kappa shape index (κ3) is 4.84. The van der Waals surface area contributed by atoms with Gasteiger partial charge in [-0.3, -0.25) is 10.6 Å². The molecule has 0 aliphatic rings. The molecule has 6 heteroatoms. The molecule has 1 rings (SSSR count). The van der Waals surface area contributed by atoms with Crippen LogP contribution in [-0.2, 0) is 0 Å². The van der Waals surface area contributed by atoms with Crippen molar-refractivity contribution in [2.75, 3.05) is 39.2 Å². The zero-order chi connectivity index (χ0) is 14.3. The first-order valence-corrected chi connectivity index (χ1v) is 6.45. The highest BCUT2D eigenvalue weighted by molar-refractivity contribution is 5.92. The monoisotopic (exact) mass is 265 g/mol. The molecule has 3 N–H and O–H groups in total. The van der Waals surface area contributed by atoms with Crippen molar-refractivity contribution in [1.29, 1.82) is 0 Å². The lowest BCUT2D eigenvalue weighted by molar-refractivity contribution is 0.0753. The predicted molar refractivity (Wildman–Crippen MR) is 76.8 cm³/mol. The maximum atomic E-state index is 12.2. The highest BCUT2D eigenvalue weighted by Gasteiger charge is 2.14. The molecule has 19 heavy (non-hydrogen) atoms. The summed E-state index contributed by atoms with van der Waals surface area (Å²) in [5.74, 6) is 5.23. The van der Waals surface area contributed by atoms with Gasteiger partial charge in [-0.15, -0.1) is 0 Å². The fourth-order valence-electron chi connectivity index (χ4n) is 1.75. The van der Waals surface area contributed by atoms with Crippen LogP contribution in [0.15, 0.2) is 18.3 Å². The van der Waals surface area contributed by atoms with Crippen LogP contribution < -0.4 is 11.3 Å². The Kier molecular flexibility index (Phi) is 6.24. The second kappa shape index (κ2) is 7.70. The molecule has 1 aromatic rings. The van der Waals surface area contributed by atoms with Gasteiger partial charge in [-0.25, -0.2) is 4.98 Å². The first kappa shape index (κ1) is 15.4. The summed E-state index contributed by atoms with van der Waals surface area (Å²) in [6.45, 7) is 4.37. The van der Waals surface area contributed by atoms with Crippen LogP contribution in [-0.4, -0.2) is 54.4 Å². The molecule has 0 aliphatic carbocycles. The van der Waals surface area contributed by atoms with E-state index >= 15 is 0 Å². The zero-order valence-electron chi connectivity index (χ0n) is 11.9. The smallest absolute Gasteiger partial charge is 0.272 e. The van der Waals surface area contributed by atoms with Crippen LogP contribution in [0.1, 0.15) is 23.8 Å². The third-order valence-corrected chi connectivity index (χ3v) is 2.85. The van der Waals surface area contributed by atoms with Crippen molar-refractivity contribution in [3.63, 3.8) is 0 Å². The number of aromatic nitrogens is 1. The van der Waals surface area contributed by atoms with Gasteiger partial charge in [0.1, 0.15) is 5.69 Å². The molecule has 0 bridgehead atoms. The van der Waals surface area contributed by atoms with Gasteiger partial charge in [0.15, 0.2) is 0 Å². The van der Waals surface area contributed by atoms with E-state index in [1.807, 2.05) is 21.0 Å². The van der Waals surface area contributed by atoms with Crippen LogP contribution in [0.4, 0.5) is 5.69 Å². The van der Waals surface area contributed by atoms with Gasteiger partial charge in [-0.05, 0) is 46.1 Å². The van der Waals surface area contributed by atoms with Crippen LogP contribution in [0, 0.1) is 0 Å². The van der Waals surface area contributed by atoms with E-state index in [4.69, 9.17) is 5.84 Å². The fourth-order valence-corrected chi connectivity index (χ4v) is 1.75. The fraction of sp³-hybridized carbons (Fsp3) is 0.538. The van der Waals surface area contributed by atoms with Crippen LogP contribution in [0.3, 0.4) is 0 Å². The number of hydrazine groups is 1. The molecular weight excluding hydrogens is 242 g/mol. The molecule has 106 valence electrons. The van der Waals surface area contributed by atoms with Crippen molar-refractivity contribution in [2.45, 2.75) is 13.3 Å². The first-order chi connectivity index (χ1) is 9.08. The van der Waals surface area contributed by atoms with Gasteiger partial charge in [0.2, 0.25) is 0 Å². The highest BCUT2D eigenvalue weighted by Crippen LogP contribution is 2.07. The maximum absolute atomic E-state index is 12.2. The third-order valence-electron chi connectivity index (χ3n) is 2.85. The summed E-state index contributed by atoms with van der Waals surface area (Å²) in [6, 6.07) is 3.43. The first-order valence-electron chi connectivity index (χ1n) is 6.45. The molecule has 0 saturated heterocycles. The second-order valence-electron chi connectivity index (χ2n) is 4.62. The summed E-state index contributed by atoms with van der Waals surface area (Å²) in [4.78, 5) is 20.3. The van der Waals surface area contributed by atoms with E-state index in [2.05, 4.69) is 15.3 Å². The van der Waals surface area contributed by atoms with E-state index < -0.39 is 0 Å². The molecule has 1 amide bonds. The molecule has 0 atom stereocenters. The highest BCUT2D eigenvalue weighted by atomic mass is 16.2. The Balaban J connectivity index is 2.61. The van der Waals surface area contributed by atoms with Crippen LogP contribution >= 0.6 is 0 Å². The number of hydrogen-bond donors (Lipinski definition) is 2. The van der Waals surface area contributed by atoms with Crippen molar-refractivity contribution in [3.05, 3.63) is 24.0 Å². The van der Waals surface area contributed by atoms with Gasteiger partial charge < -0.3 is 15.2 Å². The van der Waals surface area contributed by atoms with Crippen molar-refractivity contribution >= 4 is 11.6 Å². The van der Waals surface area contributed by atoms with Crippen molar-refractivity contribution in [3.8, 4) is 0 Å². The van der Waals surface area contributed by atoms with E-state index in [9.17, 15) is 4.79 Å². The molecule has 0 saturated carbocycles. The number of carbonyl (C=O) groups is 1. The molecular formula is C13H23N5O. The normalized spacial score (nSPS) is 10.6. The van der Waals surface area contributed by atoms with E-state index in [0.717, 1.165) is 19.5 Å². The number of hydrogen-bond acceptors (Lipinski definition) is 5. The summed E-state index contributed by atoms with van der Waals surface area (Å²) >= 11 is 0. The summed E-state index contributed by atoms with van der Waals surface area (Å²) in [5, 5.41) is 0. The van der Waals surface area contributed by atoms with E-state index in [-0.39, 0.29) is 5.91 Å². The van der Waals surface area contributed by atoms with Gasteiger partial charge >= 0.3 is 0 Å². The lowest BCUT2D eigenvalue weighted by Crippen LogP contribution is -2.33. The number of nitrogens with zero attached hydrogens (tertiary/aromatic N) is 3.